The Bertz CT molecular complexity index is 1290. The Morgan fingerprint density at radius 3 is 2.87 bits per heavy atom. The average Bonchev–Trinajstić information content (AvgIpc) is 3.49. The fraction of sp³-hybridized carbons (Fsp3) is 0.238. The predicted octanol–water partition coefficient (Wildman–Crippen LogP) is 5.03. The zero-order valence-corrected chi connectivity index (χ0v) is 19.5. The highest BCUT2D eigenvalue weighted by Crippen LogP contribution is 2.33. The monoisotopic (exact) mass is 472 g/mol. The largest absolute Gasteiger partial charge is 0.464 e. The van der Waals surface area contributed by atoms with E-state index >= 15 is 0 Å². The molecule has 0 spiro atoms. The minimum absolute atomic E-state index is 0.0342. The molecule has 0 aliphatic heterocycles. The van der Waals surface area contributed by atoms with Crippen molar-refractivity contribution in [1.82, 2.24) is 14.5 Å². The minimum atomic E-state index is -0.118. The van der Waals surface area contributed by atoms with Crippen LogP contribution in [0.15, 0.2) is 56.2 Å². The second-order valence-corrected chi connectivity index (χ2v) is 9.22. The van der Waals surface area contributed by atoms with Crippen LogP contribution in [0.2, 0.25) is 0 Å². The van der Waals surface area contributed by atoms with Crippen molar-refractivity contribution < 1.29 is 9.21 Å². The van der Waals surface area contributed by atoms with Crippen molar-refractivity contribution in [3.8, 4) is 11.3 Å². The van der Waals surface area contributed by atoms with E-state index in [4.69, 9.17) is 9.40 Å². The summed E-state index contributed by atoms with van der Waals surface area (Å²) >= 11 is 4.30. The van der Waals surface area contributed by atoms with E-state index in [2.05, 4.69) is 11.6 Å². The molecule has 31 heavy (non-hydrogen) atoms. The molecule has 0 unspecified atom stereocenters. The molecule has 0 saturated heterocycles. The van der Waals surface area contributed by atoms with E-state index in [1.165, 1.54) is 41.4 Å². The third-order valence-electron chi connectivity index (χ3n) is 4.57. The molecule has 0 atom stereocenters. The lowest BCUT2D eigenvalue weighted by Gasteiger charge is -2.14. The van der Waals surface area contributed by atoms with Gasteiger partial charge in [0.25, 0.3) is 5.56 Å². The number of nitrogens with zero attached hydrogens (tertiary/aromatic N) is 4. The van der Waals surface area contributed by atoms with Crippen LogP contribution in [0.3, 0.4) is 0 Å². The van der Waals surface area contributed by atoms with Gasteiger partial charge in [0.2, 0.25) is 5.91 Å². The van der Waals surface area contributed by atoms with Crippen LogP contribution in [-0.4, -0.2) is 27.0 Å². The van der Waals surface area contributed by atoms with Crippen molar-refractivity contribution in [3.05, 3.63) is 57.9 Å². The number of thiazole rings is 1. The first-order valence-corrected chi connectivity index (χ1v) is 12.3. The van der Waals surface area contributed by atoms with Crippen molar-refractivity contribution >= 4 is 55.7 Å². The summed E-state index contributed by atoms with van der Waals surface area (Å²) in [6, 6.07) is 3.63. The SMILES string of the molecule is C=CCn1c(SCc2csc(N(CC)C(C)=O)n2)nc2scc(-c3ccco3)c2c1=O. The maximum absolute atomic E-state index is 13.3. The summed E-state index contributed by atoms with van der Waals surface area (Å²) in [7, 11) is 0. The number of hydrogen-bond acceptors (Lipinski definition) is 8. The number of amides is 1. The molecule has 1 amide bonds. The number of aromatic nitrogens is 3. The quantitative estimate of drug-likeness (QED) is 0.203. The average molecular weight is 473 g/mol. The van der Waals surface area contributed by atoms with Gasteiger partial charge in [0.05, 0.1) is 17.3 Å². The standard InChI is InChI=1S/C21H20N4O3S3/c1-4-8-25-19(27)17-15(16-7-6-9-28-16)12-29-18(17)23-21(25)31-11-14-10-30-20(22-14)24(5-2)13(3)26/h4,6-7,9-10,12H,1,5,8,11H2,2-3H3. The second-order valence-electron chi connectivity index (χ2n) is 6.58. The molecule has 0 radical (unpaired) electrons. The first-order chi connectivity index (χ1) is 15.0. The fourth-order valence-corrected chi connectivity index (χ4v) is 6.04. The number of thioether (sulfide) groups is 1. The third-order valence-corrected chi connectivity index (χ3v) is 7.37. The summed E-state index contributed by atoms with van der Waals surface area (Å²) in [6.07, 6.45) is 3.28. The van der Waals surface area contributed by atoms with Crippen LogP contribution in [0.5, 0.6) is 0 Å². The van der Waals surface area contributed by atoms with Gasteiger partial charge in [0.1, 0.15) is 10.6 Å². The molecule has 4 aromatic rings. The van der Waals surface area contributed by atoms with Gasteiger partial charge in [-0.05, 0) is 19.1 Å². The summed E-state index contributed by atoms with van der Waals surface area (Å²) in [6.45, 7) is 8.16. The highest BCUT2D eigenvalue weighted by molar-refractivity contribution is 7.98. The van der Waals surface area contributed by atoms with Gasteiger partial charge in [-0.3, -0.25) is 19.1 Å². The highest BCUT2D eigenvalue weighted by atomic mass is 32.2. The third kappa shape index (κ3) is 4.23. The van der Waals surface area contributed by atoms with Crippen LogP contribution in [-0.2, 0) is 17.1 Å². The number of carbonyl (C=O) groups is 1. The molecule has 4 aromatic heterocycles. The molecule has 160 valence electrons. The zero-order chi connectivity index (χ0) is 22.0. The summed E-state index contributed by atoms with van der Waals surface area (Å²) < 4.78 is 7.12. The van der Waals surface area contributed by atoms with E-state index < -0.39 is 0 Å². The summed E-state index contributed by atoms with van der Waals surface area (Å²) in [4.78, 5) is 36.7. The van der Waals surface area contributed by atoms with Crippen LogP contribution >= 0.6 is 34.4 Å². The van der Waals surface area contributed by atoms with E-state index in [-0.39, 0.29) is 11.5 Å². The number of fused-ring (bicyclic) bond motifs is 1. The van der Waals surface area contributed by atoms with Gasteiger partial charge >= 0.3 is 0 Å². The van der Waals surface area contributed by atoms with Crippen molar-refractivity contribution in [2.45, 2.75) is 31.3 Å². The number of thiophene rings is 1. The minimum Gasteiger partial charge on any atom is -0.464 e. The number of furan rings is 1. The van der Waals surface area contributed by atoms with Gasteiger partial charge in [0, 0.05) is 42.1 Å². The Morgan fingerprint density at radius 1 is 1.35 bits per heavy atom. The van der Waals surface area contributed by atoms with Crippen LogP contribution in [0.25, 0.3) is 21.5 Å². The molecule has 0 fully saturated rings. The molecule has 7 nitrogen and oxygen atoms in total. The maximum atomic E-state index is 13.3. The molecule has 0 aliphatic rings. The van der Waals surface area contributed by atoms with Crippen LogP contribution in [0.4, 0.5) is 5.13 Å². The summed E-state index contributed by atoms with van der Waals surface area (Å²) in [5.74, 6) is 1.15. The zero-order valence-electron chi connectivity index (χ0n) is 17.0. The number of carbonyl (C=O) groups excluding carboxylic acids is 1. The topological polar surface area (TPSA) is 81.2 Å². The normalized spacial score (nSPS) is 11.2. The number of rotatable bonds is 8. The number of allylic oxidation sites excluding steroid dienone is 1. The Kier molecular flexibility index (Phi) is 6.40. The molecule has 0 aromatic carbocycles. The molecule has 0 bridgehead atoms. The van der Waals surface area contributed by atoms with Crippen LogP contribution in [0, 0.1) is 0 Å². The first kappa shape index (κ1) is 21.5. The van der Waals surface area contributed by atoms with E-state index in [0.29, 0.717) is 45.1 Å². The molecule has 4 rings (SSSR count). The van der Waals surface area contributed by atoms with Gasteiger partial charge < -0.3 is 4.42 Å². The van der Waals surface area contributed by atoms with Gasteiger partial charge in [0.15, 0.2) is 10.3 Å². The number of hydrogen-bond donors (Lipinski definition) is 0. The van der Waals surface area contributed by atoms with Crippen molar-refractivity contribution in [1.29, 1.82) is 0 Å². The fourth-order valence-electron chi connectivity index (χ4n) is 3.14. The molecule has 0 aliphatic carbocycles. The van der Waals surface area contributed by atoms with Gasteiger partial charge in [-0.1, -0.05) is 17.8 Å². The van der Waals surface area contributed by atoms with Gasteiger partial charge in [-0.15, -0.1) is 29.3 Å². The Labute approximate surface area is 191 Å². The van der Waals surface area contributed by atoms with Crippen LogP contribution in [0.1, 0.15) is 19.5 Å². The Hall–Kier alpha value is -2.69. The van der Waals surface area contributed by atoms with Crippen LogP contribution < -0.4 is 10.5 Å². The number of anilines is 1. The lowest BCUT2D eigenvalue weighted by atomic mass is 10.2. The van der Waals surface area contributed by atoms with Crippen molar-refractivity contribution in [2.24, 2.45) is 0 Å². The molecule has 0 saturated carbocycles. The Balaban J connectivity index is 1.66. The molecule has 0 N–H and O–H groups in total. The molecule has 4 heterocycles. The van der Waals surface area contributed by atoms with Crippen molar-refractivity contribution in [2.75, 3.05) is 11.4 Å². The maximum Gasteiger partial charge on any atom is 0.263 e. The molecule has 10 heteroatoms. The van der Waals surface area contributed by atoms with E-state index in [0.717, 1.165) is 11.3 Å². The van der Waals surface area contributed by atoms with E-state index in [1.807, 2.05) is 23.8 Å². The first-order valence-electron chi connectivity index (χ1n) is 9.55. The summed E-state index contributed by atoms with van der Waals surface area (Å²) in [5.41, 5.74) is 1.48. The summed E-state index contributed by atoms with van der Waals surface area (Å²) in [5, 5.41) is 5.68. The van der Waals surface area contributed by atoms with E-state index in [9.17, 15) is 9.59 Å². The van der Waals surface area contributed by atoms with Crippen molar-refractivity contribution in [3.63, 3.8) is 0 Å². The lowest BCUT2D eigenvalue weighted by molar-refractivity contribution is -0.116. The van der Waals surface area contributed by atoms with E-state index in [1.54, 1.807) is 27.9 Å². The Morgan fingerprint density at radius 2 is 2.19 bits per heavy atom. The highest BCUT2D eigenvalue weighted by Gasteiger charge is 2.19. The van der Waals surface area contributed by atoms with Gasteiger partial charge in [-0.25, -0.2) is 9.97 Å². The predicted molar refractivity (Wildman–Crippen MR) is 127 cm³/mol. The smallest absolute Gasteiger partial charge is 0.263 e. The molecular formula is C21H20N4O3S3. The van der Waals surface area contributed by atoms with Gasteiger partial charge in [-0.2, -0.15) is 0 Å². The molecular weight excluding hydrogens is 452 g/mol. The lowest BCUT2D eigenvalue weighted by Crippen LogP contribution is -2.27. The second kappa shape index (κ2) is 9.21.